The maximum absolute atomic E-state index is 13.2. The number of ether oxygens (including phenoxy) is 1. The molecule has 0 bridgehead atoms. The van der Waals surface area contributed by atoms with Crippen molar-refractivity contribution in [2.75, 3.05) is 13.1 Å². The minimum Gasteiger partial charge on any atom is -0.482 e. The molecule has 2 fully saturated rings. The van der Waals surface area contributed by atoms with Crippen LogP contribution < -0.4 is 10.6 Å². The summed E-state index contributed by atoms with van der Waals surface area (Å²) in [6.45, 7) is 5.73. The van der Waals surface area contributed by atoms with Crippen molar-refractivity contribution in [3.63, 3.8) is 0 Å². The minimum absolute atomic E-state index is 0.131. The molecule has 4 rings (SSSR count). The van der Waals surface area contributed by atoms with E-state index in [1.807, 2.05) is 68.5 Å². The maximum Gasteiger partial charge on any atom is 0.272 e. The van der Waals surface area contributed by atoms with Crippen LogP contribution in [-0.4, -0.2) is 41.3 Å². The molecule has 31 heavy (non-hydrogen) atoms. The van der Waals surface area contributed by atoms with Crippen molar-refractivity contribution in [1.82, 2.24) is 20.8 Å². The van der Waals surface area contributed by atoms with Gasteiger partial charge < -0.3 is 15.4 Å². The van der Waals surface area contributed by atoms with Crippen molar-refractivity contribution in [1.29, 1.82) is 0 Å². The van der Waals surface area contributed by atoms with Gasteiger partial charge in [0, 0.05) is 23.8 Å². The van der Waals surface area contributed by atoms with E-state index in [0.717, 1.165) is 30.3 Å². The quantitative estimate of drug-likeness (QED) is 0.483. The Labute approximate surface area is 184 Å². The molecule has 1 saturated carbocycles. The average molecular weight is 421 g/mol. The number of nitrogens with zero attached hydrogens (tertiary/aromatic N) is 1. The average Bonchev–Trinajstić information content (AvgIpc) is 2.87. The van der Waals surface area contributed by atoms with Crippen molar-refractivity contribution in [2.45, 2.75) is 45.3 Å². The van der Waals surface area contributed by atoms with Crippen LogP contribution in [0.3, 0.4) is 0 Å². The molecule has 3 N–H and O–H groups in total. The van der Waals surface area contributed by atoms with Gasteiger partial charge in [-0.2, -0.15) is 5.10 Å². The lowest BCUT2D eigenvalue weighted by molar-refractivity contribution is 0.0842. The van der Waals surface area contributed by atoms with Crippen LogP contribution in [0.1, 0.15) is 47.9 Å². The van der Waals surface area contributed by atoms with Crippen LogP contribution in [0.4, 0.5) is 0 Å². The van der Waals surface area contributed by atoms with Gasteiger partial charge in [0.15, 0.2) is 5.69 Å². The summed E-state index contributed by atoms with van der Waals surface area (Å²) in [5.74, 6) is 1.85. The number of amides is 1. The Morgan fingerprint density at radius 1 is 1.19 bits per heavy atom. The number of aromatic nitrogens is 2. The first-order valence-electron chi connectivity index (χ1n) is 11.2. The summed E-state index contributed by atoms with van der Waals surface area (Å²) in [7, 11) is 0. The van der Waals surface area contributed by atoms with Crippen molar-refractivity contribution >= 4 is 12.0 Å². The molecular formula is C25H32N4O2. The first-order valence-corrected chi connectivity index (χ1v) is 11.2. The number of nitrogens with one attached hydrogen (secondary N) is 3. The van der Waals surface area contributed by atoms with E-state index in [1.54, 1.807) is 0 Å². The van der Waals surface area contributed by atoms with Crippen molar-refractivity contribution in [3.8, 4) is 0 Å². The molecule has 6 heteroatoms. The van der Waals surface area contributed by atoms with Gasteiger partial charge in [-0.05, 0) is 75.8 Å². The van der Waals surface area contributed by atoms with E-state index >= 15 is 0 Å². The fourth-order valence-electron chi connectivity index (χ4n) is 4.57. The highest BCUT2D eigenvalue weighted by Gasteiger charge is 2.39. The number of carbonyl (C=O) groups excluding carboxylic acids is 1. The highest BCUT2D eigenvalue weighted by atomic mass is 16.5. The second-order valence-corrected chi connectivity index (χ2v) is 8.47. The fraction of sp³-hybridized carbons (Fsp3) is 0.440. The molecule has 164 valence electrons. The van der Waals surface area contributed by atoms with E-state index in [1.165, 1.54) is 19.3 Å². The number of aryl methyl sites for hydroxylation is 1. The molecule has 1 aromatic rings. The zero-order chi connectivity index (χ0) is 21.6. The zero-order valence-electron chi connectivity index (χ0n) is 18.3. The number of carbonyl (C=O) groups is 1. The number of hydrogen-bond donors (Lipinski definition) is 3. The SMILES string of the molecule is C/C=C\C(=C/c1c(C(=O)NC2CNCCC3CCC32)n[nH]c1C)OC1C=CC=CC=C1. The lowest BCUT2D eigenvalue weighted by Crippen LogP contribution is -2.49. The summed E-state index contributed by atoms with van der Waals surface area (Å²) >= 11 is 0. The molecule has 3 aliphatic rings. The van der Waals surface area contributed by atoms with Gasteiger partial charge in [-0.1, -0.05) is 30.4 Å². The van der Waals surface area contributed by atoms with Crippen LogP contribution in [0, 0.1) is 18.8 Å². The number of fused-ring (bicyclic) bond motifs is 1. The van der Waals surface area contributed by atoms with Gasteiger partial charge in [-0.15, -0.1) is 0 Å². The van der Waals surface area contributed by atoms with E-state index in [0.29, 0.717) is 17.4 Å². The molecule has 6 nitrogen and oxygen atoms in total. The molecule has 1 amide bonds. The highest BCUT2D eigenvalue weighted by molar-refractivity contribution is 5.96. The maximum atomic E-state index is 13.2. The summed E-state index contributed by atoms with van der Waals surface area (Å²) < 4.78 is 6.16. The smallest absolute Gasteiger partial charge is 0.272 e. The summed E-state index contributed by atoms with van der Waals surface area (Å²) in [6.07, 6.45) is 21.1. The third kappa shape index (κ3) is 5.07. The Morgan fingerprint density at radius 3 is 2.71 bits per heavy atom. The Bertz CT molecular complexity index is 921. The summed E-state index contributed by atoms with van der Waals surface area (Å²) in [5.41, 5.74) is 2.01. The third-order valence-corrected chi connectivity index (χ3v) is 6.40. The Balaban J connectivity index is 1.53. The number of aromatic amines is 1. The highest BCUT2D eigenvalue weighted by Crippen LogP contribution is 2.40. The summed E-state index contributed by atoms with van der Waals surface area (Å²) in [4.78, 5) is 13.2. The molecule has 0 spiro atoms. The summed E-state index contributed by atoms with van der Waals surface area (Å²) in [5, 5.41) is 14.0. The van der Waals surface area contributed by atoms with Crippen LogP contribution in [-0.2, 0) is 4.74 Å². The Hall–Kier alpha value is -2.86. The van der Waals surface area contributed by atoms with Crippen LogP contribution in [0.15, 0.2) is 54.4 Å². The molecule has 0 aromatic carbocycles. The molecule has 1 aliphatic heterocycles. The number of rotatable bonds is 6. The van der Waals surface area contributed by atoms with Crippen LogP contribution in [0.5, 0.6) is 0 Å². The van der Waals surface area contributed by atoms with E-state index in [4.69, 9.17) is 4.74 Å². The molecule has 3 unspecified atom stereocenters. The van der Waals surface area contributed by atoms with Gasteiger partial charge in [0.05, 0.1) is 0 Å². The van der Waals surface area contributed by atoms with Gasteiger partial charge in [0.2, 0.25) is 0 Å². The minimum atomic E-state index is -0.172. The predicted molar refractivity (Wildman–Crippen MR) is 123 cm³/mol. The Morgan fingerprint density at radius 2 is 2.00 bits per heavy atom. The first-order chi connectivity index (χ1) is 15.2. The van der Waals surface area contributed by atoms with Gasteiger partial charge >= 0.3 is 0 Å². The number of hydrogen-bond acceptors (Lipinski definition) is 4. The lowest BCUT2D eigenvalue weighted by Gasteiger charge is -2.40. The molecule has 3 atom stereocenters. The Kier molecular flexibility index (Phi) is 6.87. The topological polar surface area (TPSA) is 79.0 Å². The van der Waals surface area contributed by atoms with Crippen LogP contribution >= 0.6 is 0 Å². The van der Waals surface area contributed by atoms with E-state index < -0.39 is 0 Å². The lowest BCUT2D eigenvalue weighted by atomic mass is 9.69. The second-order valence-electron chi connectivity index (χ2n) is 8.47. The molecule has 0 radical (unpaired) electrons. The van der Waals surface area contributed by atoms with Crippen LogP contribution in [0.25, 0.3) is 6.08 Å². The molecule has 1 aromatic heterocycles. The van der Waals surface area contributed by atoms with E-state index in [-0.39, 0.29) is 18.1 Å². The summed E-state index contributed by atoms with van der Waals surface area (Å²) in [6, 6.07) is 0.155. The largest absolute Gasteiger partial charge is 0.482 e. The monoisotopic (exact) mass is 420 g/mol. The van der Waals surface area contributed by atoms with Gasteiger partial charge in [-0.3, -0.25) is 9.89 Å². The van der Waals surface area contributed by atoms with Crippen molar-refractivity contribution < 1.29 is 9.53 Å². The van der Waals surface area contributed by atoms with E-state index in [9.17, 15) is 4.79 Å². The van der Waals surface area contributed by atoms with Crippen LogP contribution in [0.2, 0.25) is 0 Å². The second kappa shape index (κ2) is 9.96. The van der Waals surface area contributed by atoms with Crippen molar-refractivity contribution in [3.05, 3.63) is 71.3 Å². The predicted octanol–water partition coefficient (Wildman–Crippen LogP) is 3.82. The molecular weight excluding hydrogens is 388 g/mol. The number of allylic oxidation sites excluding steroid dienone is 6. The van der Waals surface area contributed by atoms with Gasteiger partial charge in [-0.25, -0.2) is 0 Å². The van der Waals surface area contributed by atoms with E-state index in [2.05, 4.69) is 20.8 Å². The number of H-pyrrole nitrogens is 1. The van der Waals surface area contributed by atoms with Gasteiger partial charge in [0.1, 0.15) is 11.9 Å². The molecule has 2 heterocycles. The van der Waals surface area contributed by atoms with Crippen molar-refractivity contribution in [2.24, 2.45) is 11.8 Å². The zero-order valence-corrected chi connectivity index (χ0v) is 18.3. The molecule has 2 aliphatic carbocycles. The van der Waals surface area contributed by atoms with Gasteiger partial charge in [0.25, 0.3) is 5.91 Å². The third-order valence-electron chi connectivity index (χ3n) is 6.40. The molecule has 1 saturated heterocycles. The first kappa shape index (κ1) is 21.4. The normalized spacial score (nSPS) is 26.3. The fourth-order valence-corrected chi connectivity index (χ4v) is 4.57. The standard InChI is InChI=1S/C25H32N4O2/c1-3-8-20(31-19-9-6-4-5-7-10-19)15-22-17(2)28-29-24(22)25(30)27-23-16-26-14-13-18-11-12-21(18)23/h3-10,15,18-19,21,23,26H,11-14,16H2,1-2H3,(H,27,30)(H,28,29)/b8-3-,20-15+.